The molecule has 1 fully saturated rings. The van der Waals surface area contributed by atoms with Crippen LogP contribution in [-0.2, 0) is 15.0 Å². The first-order valence-electron chi connectivity index (χ1n) is 7.19. The molecule has 0 aromatic heterocycles. The molecule has 5 heteroatoms. The Hall–Kier alpha value is -1.88. The molecule has 2 rings (SSSR count). The van der Waals surface area contributed by atoms with E-state index in [-0.39, 0.29) is 18.4 Å². The molecule has 1 aliphatic rings. The number of nitrogens with one attached hydrogen (secondary N) is 1. The molecule has 2 unspecified atom stereocenters. The van der Waals surface area contributed by atoms with Gasteiger partial charge >= 0.3 is 0 Å². The molecule has 0 radical (unpaired) electrons. The predicted octanol–water partition coefficient (Wildman–Crippen LogP) is 1.77. The van der Waals surface area contributed by atoms with E-state index in [2.05, 4.69) is 0 Å². The van der Waals surface area contributed by atoms with Crippen LogP contribution in [0.1, 0.15) is 37.8 Å². The maximum atomic E-state index is 12.8. The van der Waals surface area contributed by atoms with E-state index in [9.17, 15) is 9.59 Å². The number of benzene rings is 1. The standard InChI is InChI=1S/C16H22N2O3/c1-11-4-6-13(7-5-11)16(3)8-9-18(15(16)20)12(2)10-14(19)17-21/h4-7,12,21H,8-10H2,1-3H3,(H,17,19). The molecule has 2 N–H and O–H groups in total. The van der Waals surface area contributed by atoms with Gasteiger partial charge in [-0.25, -0.2) is 5.48 Å². The van der Waals surface area contributed by atoms with Gasteiger partial charge in [0.05, 0.1) is 5.41 Å². The van der Waals surface area contributed by atoms with Gasteiger partial charge in [-0.3, -0.25) is 14.8 Å². The summed E-state index contributed by atoms with van der Waals surface area (Å²) in [5.41, 5.74) is 3.26. The fraction of sp³-hybridized carbons (Fsp3) is 0.500. The lowest BCUT2D eigenvalue weighted by atomic mass is 9.81. The van der Waals surface area contributed by atoms with E-state index in [1.165, 1.54) is 0 Å². The minimum Gasteiger partial charge on any atom is -0.339 e. The Labute approximate surface area is 124 Å². The zero-order valence-corrected chi connectivity index (χ0v) is 12.7. The topological polar surface area (TPSA) is 69.6 Å². The van der Waals surface area contributed by atoms with Crippen LogP contribution in [0.15, 0.2) is 24.3 Å². The van der Waals surface area contributed by atoms with Crippen LogP contribution in [-0.4, -0.2) is 34.5 Å². The number of aryl methyl sites for hydroxylation is 1. The summed E-state index contributed by atoms with van der Waals surface area (Å²) in [6, 6.07) is 7.80. The van der Waals surface area contributed by atoms with Crippen LogP contribution < -0.4 is 5.48 Å². The second-order valence-corrected chi connectivity index (χ2v) is 6.03. The maximum absolute atomic E-state index is 12.8. The lowest BCUT2D eigenvalue weighted by Crippen LogP contribution is -2.42. The summed E-state index contributed by atoms with van der Waals surface area (Å²) in [5, 5.41) is 8.60. The Morgan fingerprint density at radius 2 is 2.05 bits per heavy atom. The Morgan fingerprint density at radius 1 is 1.43 bits per heavy atom. The van der Waals surface area contributed by atoms with Crippen LogP contribution in [0, 0.1) is 6.92 Å². The molecule has 0 spiro atoms. The molecule has 0 saturated carbocycles. The van der Waals surface area contributed by atoms with E-state index in [1.54, 1.807) is 10.4 Å². The molecule has 21 heavy (non-hydrogen) atoms. The largest absolute Gasteiger partial charge is 0.339 e. The van der Waals surface area contributed by atoms with Crippen LogP contribution in [0.25, 0.3) is 0 Å². The van der Waals surface area contributed by atoms with Crippen molar-refractivity contribution in [3.63, 3.8) is 0 Å². The van der Waals surface area contributed by atoms with E-state index >= 15 is 0 Å². The Kier molecular flexibility index (Phi) is 4.32. The average molecular weight is 290 g/mol. The highest BCUT2D eigenvalue weighted by molar-refractivity contribution is 5.90. The van der Waals surface area contributed by atoms with Gasteiger partial charge in [-0.2, -0.15) is 0 Å². The molecular formula is C16H22N2O3. The number of carbonyl (C=O) groups is 2. The van der Waals surface area contributed by atoms with Crippen molar-refractivity contribution in [1.82, 2.24) is 10.4 Å². The molecule has 1 saturated heterocycles. The van der Waals surface area contributed by atoms with Crippen molar-refractivity contribution < 1.29 is 14.8 Å². The van der Waals surface area contributed by atoms with Gasteiger partial charge in [-0.15, -0.1) is 0 Å². The summed E-state index contributed by atoms with van der Waals surface area (Å²) in [6.45, 7) is 6.43. The molecule has 2 atom stereocenters. The maximum Gasteiger partial charge on any atom is 0.245 e. The average Bonchev–Trinajstić information content (AvgIpc) is 2.76. The van der Waals surface area contributed by atoms with Gasteiger partial charge in [0.25, 0.3) is 0 Å². The summed E-state index contributed by atoms with van der Waals surface area (Å²) in [6.07, 6.45) is 0.839. The third-order valence-corrected chi connectivity index (χ3v) is 4.41. The normalized spacial score (nSPS) is 23.2. The van der Waals surface area contributed by atoms with E-state index in [0.717, 1.165) is 17.5 Å². The molecular weight excluding hydrogens is 268 g/mol. The fourth-order valence-corrected chi connectivity index (χ4v) is 2.90. The third-order valence-electron chi connectivity index (χ3n) is 4.41. The number of likely N-dealkylation sites (tertiary alicyclic amines) is 1. The SMILES string of the molecule is Cc1ccc(C2(C)CCN(C(C)CC(=O)NO)C2=O)cc1. The number of hydroxylamine groups is 1. The number of amides is 2. The van der Waals surface area contributed by atoms with Crippen molar-refractivity contribution in [3.05, 3.63) is 35.4 Å². The Balaban J connectivity index is 2.16. The molecule has 114 valence electrons. The summed E-state index contributed by atoms with van der Waals surface area (Å²) < 4.78 is 0. The first kappa shape index (κ1) is 15.5. The van der Waals surface area contributed by atoms with Gasteiger partial charge in [-0.05, 0) is 32.8 Å². The first-order valence-corrected chi connectivity index (χ1v) is 7.19. The van der Waals surface area contributed by atoms with Crippen molar-refractivity contribution in [3.8, 4) is 0 Å². The van der Waals surface area contributed by atoms with Crippen molar-refractivity contribution in [1.29, 1.82) is 0 Å². The van der Waals surface area contributed by atoms with Crippen molar-refractivity contribution in [2.45, 2.75) is 45.1 Å². The molecule has 1 heterocycles. The van der Waals surface area contributed by atoms with E-state index < -0.39 is 11.3 Å². The monoisotopic (exact) mass is 290 g/mol. The van der Waals surface area contributed by atoms with Gasteiger partial charge < -0.3 is 4.90 Å². The first-order chi connectivity index (χ1) is 9.88. The summed E-state index contributed by atoms with van der Waals surface area (Å²) >= 11 is 0. The quantitative estimate of drug-likeness (QED) is 0.656. The summed E-state index contributed by atoms with van der Waals surface area (Å²) in [5.74, 6) is -0.427. The second kappa shape index (κ2) is 5.85. The highest BCUT2D eigenvalue weighted by Crippen LogP contribution is 2.36. The van der Waals surface area contributed by atoms with Crippen LogP contribution in [0.2, 0.25) is 0 Å². The highest BCUT2D eigenvalue weighted by Gasteiger charge is 2.45. The van der Waals surface area contributed by atoms with Crippen molar-refractivity contribution in [2.24, 2.45) is 0 Å². The summed E-state index contributed by atoms with van der Waals surface area (Å²) in [7, 11) is 0. The summed E-state index contributed by atoms with van der Waals surface area (Å²) in [4.78, 5) is 25.7. The minimum absolute atomic E-state index is 0.0459. The molecule has 5 nitrogen and oxygen atoms in total. The van der Waals surface area contributed by atoms with E-state index in [4.69, 9.17) is 5.21 Å². The minimum atomic E-state index is -0.530. The lowest BCUT2D eigenvalue weighted by Gasteiger charge is -2.27. The van der Waals surface area contributed by atoms with Gasteiger partial charge in [-0.1, -0.05) is 29.8 Å². The van der Waals surface area contributed by atoms with Crippen LogP contribution in [0.3, 0.4) is 0 Å². The van der Waals surface area contributed by atoms with Gasteiger partial charge in [0, 0.05) is 19.0 Å². The molecule has 0 aliphatic carbocycles. The molecule has 1 aliphatic heterocycles. The van der Waals surface area contributed by atoms with Crippen molar-refractivity contribution >= 4 is 11.8 Å². The van der Waals surface area contributed by atoms with E-state index in [0.29, 0.717) is 6.54 Å². The number of nitrogens with zero attached hydrogens (tertiary/aromatic N) is 1. The molecule has 1 aromatic rings. The zero-order chi connectivity index (χ0) is 15.6. The van der Waals surface area contributed by atoms with Crippen LogP contribution in [0.4, 0.5) is 0 Å². The predicted molar refractivity (Wildman–Crippen MR) is 78.9 cm³/mol. The number of carbonyl (C=O) groups excluding carboxylic acids is 2. The Morgan fingerprint density at radius 3 is 2.62 bits per heavy atom. The lowest BCUT2D eigenvalue weighted by molar-refractivity contribution is -0.136. The third kappa shape index (κ3) is 2.93. The van der Waals surface area contributed by atoms with E-state index in [1.807, 2.05) is 45.0 Å². The van der Waals surface area contributed by atoms with Crippen LogP contribution >= 0.6 is 0 Å². The Bertz CT molecular complexity index is 541. The molecule has 2 amide bonds. The zero-order valence-electron chi connectivity index (χ0n) is 12.7. The van der Waals surface area contributed by atoms with Gasteiger partial charge in [0.1, 0.15) is 0 Å². The smallest absolute Gasteiger partial charge is 0.245 e. The fourth-order valence-electron chi connectivity index (χ4n) is 2.90. The highest BCUT2D eigenvalue weighted by atomic mass is 16.5. The molecule has 1 aromatic carbocycles. The number of hydrogen-bond acceptors (Lipinski definition) is 3. The van der Waals surface area contributed by atoms with Crippen molar-refractivity contribution in [2.75, 3.05) is 6.54 Å². The van der Waals surface area contributed by atoms with Gasteiger partial charge in [0.15, 0.2) is 0 Å². The van der Waals surface area contributed by atoms with Gasteiger partial charge in [0.2, 0.25) is 11.8 Å². The van der Waals surface area contributed by atoms with Crippen LogP contribution in [0.5, 0.6) is 0 Å². The second-order valence-electron chi connectivity index (χ2n) is 6.03. The number of rotatable bonds is 4. The number of hydrogen-bond donors (Lipinski definition) is 2. The molecule has 0 bridgehead atoms.